The van der Waals surface area contributed by atoms with Crippen LogP contribution in [0.2, 0.25) is 0 Å². The van der Waals surface area contributed by atoms with Gasteiger partial charge < -0.3 is 5.32 Å². The first-order valence-electron chi connectivity index (χ1n) is 8.37. The van der Waals surface area contributed by atoms with Gasteiger partial charge in [-0.3, -0.25) is 4.79 Å². The Balaban J connectivity index is 1.85. The maximum absolute atomic E-state index is 12.2. The van der Waals surface area contributed by atoms with E-state index < -0.39 is 0 Å². The van der Waals surface area contributed by atoms with E-state index in [-0.39, 0.29) is 11.9 Å². The lowest BCUT2D eigenvalue weighted by atomic mass is 9.96. The largest absolute Gasteiger partial charge is 0.349 e. The Morgan fingerprint density at radius 1 is 1.00 bits per heavy atom. The molecule has 1 amide bonds. The summed E-state index contributed by atoms with van der Waals surface area (Å²) in [4.78, 5) is 12.2. The lowest BCUT2D eigenvalue weighted by Crippen LogP contribution is -2.28. The fourth-order valence-corrected chi connectivity index (χ4v) is 3.56. The zero-order valence-electron chi connectivity index (χ0n) is 15.3. The Hall–Kier alpha value is -1.74. The van der Waals surface area contributed by atoms with Gasteiger partial charge in [0.25, 0.3) is 0 Å². The molecule has 0 unspecified atom stereocenters. The number of nitrogens with one attached hydrogen (secondary N) is 1. The van der Waals surface area contributed by atoms with Gasteiger partial charge in [-0.15, -0.1) is 11.8 Å². The fourth-order valence-electron chi connectivity index (χ4n) is 2.76. The van der Waals surface area contributed by atoms with Crippen molar-refractivity contribution in [2.75, 3.05) is 5.75 Å². The van der Waals surface area contributed by atoms with Gasteiger partial charge in [0, 0.05) is 5.75 Å². The number of carbonyl (C=O) groups is 1. The lowest BCUT2D eigenvalue weighted by Gasteiger charge is -2.18. The molecule has 1 atom stereocenters. The predicted molar refractivity (Wildman–Crippen MR) is 105 cm³/mol. The maximum atomic E-state index is 12.2. The van der Waals surface area contributed by atoms with Crippen LogP contribution in [0.1, 0.15) is 46.3 Å². The summed E-state index contributed by atoms with van der Waals surface area (Å²) in [6, 6.07) is 12.9. The van der Waals surface area contributed by atoms with E-state index >= 15 is 0 Å². The number of benzene rings is 2. The molecular formula is C21H27NOS. The molecule has 0 saturated heterocycles. The van der Waals surface area contributed by atoms with E-state index in [4.69, 9.17) is 0 Å². The first-order valence-corrected chi connectivity index (χ1v) is 9.52. The summed E-state index contributed by atoms with van der Waals surface area (Å²) in [5.74, 6) is 1.45. The number of amides is 1. The number of hydrogen-bond donors (Lipinski definition) is 1. The second kappa shape index (κ2) is 8.39. The van der Waals surface area contributed by atoms with E-state index in [0.29, 0.717) is 5.75 Å². The van der Waals surface area contributed by atoms with Crippen LogP contribution in [0.5, 0.6) is 0 Å². The van der Waals surface area contributed by atoms with Gasteiger partial charge in [-0.05, 0) is 62.4 Å². The zero-order chi connectivity index (χ0) is 17.7. The topological polar surface area (TPSA) is 29.1 Å². The Kier molecular flexibility index (Phi) is 6.50. The lowest BCUT2D eigenvalue weighted by molar-refractivity contribution is -0.119. The average Bonchev–Trinajstić information content (AvgIpc) is 2.52. The fraction of sp³-hybridized carbons (Fsp3) is 0.381. The SMILES string of the molecule is Cc1ccc(CSCC(=O)N[C@H](C)c2cc(C)c(C)cc2C)cc1. The summed E-state index contributed by atoms with van der Waals surface area (Å²) in [6.07, 6.45) is 0. The minimum atomic E-state index is 0.0387. The van der Waals surface area contributed by atoms with Crippen LogP contribution in [-0.2, 0) is 10.5 Å². The highest BCUT2D eigenvalue weighted by Gasteiger charge is 2.13. The molecule has 2 aromatic rings. The molecule has 0 bridgehead atoms. The molecule has 3 heteroatoms. The van der Waals surface area contributed by atoms with Gasteiger partial charge in [0.1, 0.15) is 0 Å². The molecule has 1 N–H and O–H groups in total. The van der Waals surface area contributed by atoms with Gasteiger partial charge in [0.15, 0.2) is 0 Å². The van der Waals surface area contributed by atoms with Crippen LogP contribution < -0.4 is 5.32 Å². The van der Waals surface area contributed by atoms with Crippen LogP contribution in [0.3, 0.4) is 0 Å². The molecule has 2 nitrogen and oxygen atoms in total. The molecule has 128 valence electrons. The molecule has 2 aromatic carbocycles. The van der Waals surface area contributed by atoms with Crippen molar-refractivity contribution >= 4 is 17.7 Å². The van der Waals surface area contributed by atoms with E-state index in [1.165, 1.54) is 33.4 Å². The molecule has 0 aromatic heterocycles. The summed E-state index contributed by atoms with van der Waals surface area (Å²) in [6.45, 7) is 10.5. The van der Waals surface area contributed by atoms with Crippen LogP contribution in [-0.4, -0.2) is 11.7 Å². The van der Waals surface area contributed by atoms with E-state index in [0.717, 1.165) is 5.75 Å². The third-order valence-electron chi connectivity index (χ3n) is 4.35. The Labute approximate surface area is 150 Å². The molecule has 0 saturated carbocycles. The standard InChI is InChI=1S/C21H27NOS/c1-14-6-8-19(9-7-14)12-24-13-21(23)22-18(5)20-11-16(3)15(2)10-17(20)4/h6-11,18H,12-13H2,1-5H3,(H,22,23)/t18-/m1/s1. The summed E-state index contributed by atoms with van der Waals surface area (Å²) in [5, 5.41) is 3.12. The van der Waals surface area contributed by atoms with Crippen LogP contribution in [0.25, 0.3) is 0 Å². The van der Waals surface area contributed by atoms with E-state index in [1.54, 1.807) is 11.8 Å². The number of thioether (sulfide) groups is 1. The highest BCUT2D eigenvalue weighted by Crippen LogP contribution is 2.22. The van der Waals surface area contributed by atoms with Gasteiger partial charge in [-0.1, -0.05) is 42.0 Å². The second-order valence-electron chi connectivity index (χ2n) is 6.56. The highest BCUT2D eigenvalue weighted by molar-refractivity contribution is 7.99. The predicted octanol–water partition coefficient (Wildman–Crippen LogP) is 5.03. The summed E-state index contributed by atoms with van der Waals surface area (Å²) in [5.41, 5.74) is 7.53. The molecule has 0 fully saturated rings. The molecule has 0 aliphatic heterocycles. The third-order valence-corrected chi connectivity index (χ3v) is 5.35. The van der Waals surface area contributed by atoms with Gasteiger partial charge in [0.2, 0.25) is 5.91 Å². The molecule has 0 spiro atoms. The van der Waals surface area contributed by atoms with Crippen LogP contribution in [0.4, 0.5) is 0 Å². The Morgan fingerprint density at radius 3 is 2.29 bits per heavy atom. The normalized spacial score (nSPS) is 12.0. The summed E-state index contributed by atoms with van der Waals surface area (Å²) in [7, 11) is 0. The third kappa shape index (κ3) is 5.13. The molecule has 2 rings (SSSR count). The Morgan fingerprint density at radius 2 is 1.62 bits per heavy atom. The monoisotopic (exact) mass is 341 g/mol. The molecule has 0 radical (unpaired) electrons. The quantitative estimate of drug-likeness (QED) is 0.798. The number of hydrogen-bond acceptors (Lipinski definition) is 2. The summed E-state index contributed by atoms with van der Waals surface area (Å²) < 4.78 is 0. The number of rotatable bonds is 6. The molecule has 0 heterocycles. The van der Waals surface area contributed by atoms with Crippen molar-refractivity contribution in [2.45, 2.75) is 46.4 Å². The van der Waals surface area contributed by atoms with Crippen molar-refractivity contribution in [1.29, 1.82) is 0 Å². The van der Waals surface area contributed by atoms with Gasteiger partial charge in [-0.2, -0.15) is 0 Å². The van der Waals surface area contributed by atoms with Gasteiger partial charge in [-0.25, -0.2) is 0 Å². The van der Waals surface area contributed by atoms with Crippen LogP contribution in [0, 0.1) is 27.7 Å². The van der Waals surface area contributed by atoms with Crippen molar-refractivity contribution in [3.05, 3.63) is 69.8 Å². The number of carbonyl (C=O) groups excluding carboxylic acids is 1. The first-order chi connectivity index (χ1) is 11.4. The van der Waals surface area contributed by atoms with E-state index in [2.05, 4.69) is 76.3 Å². The minimum absolute atomic E-state index is 0.0387. The number of aryl methyl sites for hydroxylation is 4. The van der Waals surface area contributed by atoms with Crippen LogP contribution in [0.15, 0.2) is 36.4 Å². The molecule has 0 aliphatic carbocycles. The van der Waals surface area contributed by atoms with Crippen LogP contribution >= 0.6 is 11.8 Å². The summed E-state index contributed by atoms with van der Waals surface area (Å²) >= 11 is 1.66. The maximum Gasteiger partial charge on any atom is 0.230 e. The van der Waals surface area contributed by atoms with Crippen molar-refractivity contribution in [1.82, 2.24) is 5.32 Å². The van der Waals surface area contributed by atoms with E-state index in [9.17, 15) is 4.79 Å². The van der Waals surface area contributed by atoms with E-state index in [1.807, 2.05) is 0 Å². The minimum Gasteiger partial charge on any atom is -0.349 e. The molecule has 0 aliphatic rings. The van der Waals surface area contributed by atoms with Crippen molar-refractivity contribution < 1.29 is 4.79 Å². The highest BCUT2D eigenvalue weighted by atomic mass is 32.2. The smallest absolute Gasteiger partial charge is 0.230 e. The first kappa shape index (κ1) is 18.6. The Bertz CT molecular complexity index is 707. The zero-order valence-corrected chi connectivity index (χ0v) is 16.1. The van der Waals surface area contributed by atoms with Gasteiger partial charge >= 0.3 is 0 Å². The molecular weight excluding hydrogens is 314 g/mol. The average molecular weight is 342 g/mol. The van der Waals surface area contributed by atoms with Crippen molar-refractivity contribution in [2.24, 2.45) is 0 Å². The molecule has 24 heavy (non-hydrogen) atoms. The van der Waals surface area contributed by atoms with Crippen molar-refractivity contribution in [3.63, 3.8) is 0 Å². The van der Waals surface area contributed by atoms with Gasteiger partial charge in [0.05, 0.1) is 11.8 Å². The second-order valence-corrected chi connectivity index (χ2v) is 7.55. The van der Waals surface area contributed by atoms with Crippen molar-refractivity contribution in [3.8, 4) is 0 Å².